The van der Waals surface area contributed by atoms with Crippen molar-refractivity contribution in [1.82, 2.24) is 5.32 Å². The van der Waals surface area contributed by atoms with Crippen molar-refractivity contribution < 1.29 is 71.5 Å². The average Bonchev–Trinajstić information content (AvgIpc) is 3.04. The van der Waals surface area contributed by atoms with Gasteiger partial charge < -0.3 is 67.3 Å². The summed E-state index contributed by atoms with van der Waals surface area (Å²) in [5.74, 6) is -1.52. The molecule has 16 nitrogen and oxygen atoms in total. The molecule has 0 aromatic rings. The minimum Gasteiger partial charge on any atom is -0.480 e. The highest BCUT2D eigenvalue weighted by atomic mass is 16.6. The van der Waals surface area contributed by atoms with E-state index in [-0.39, 0.29) is 6.61 Å². The van der Waals surface area contributed by atoms with Crippen LogP contribution < -0.4 is 5.32 Å². The minimum atomic E-state index is -1.12. The number of carbonyl (C=O) groups excluding carboxylic acids is 1. The zero-order valence-corrected chi connectivity index (χ0v) is 27.8. The molecule has 0 aliphatic rings. The van der Waals surface area contributed by atoms with Gasteiger partial charge in [-0.25, -0.2) is 4.79 Å². The maximum atomic E-state index is 11.4. The molecule has 2 N–H and O–H groups in total. The molecule has 0 heterocycles. The first-order valence-corrected chi connectivity index (χ1v) is 16.1. The summed E-state index contributed by atoms with van der Waals surface area (Å²) in [6.07, 6.45) is 2.23. The number of carboxylic acid groups (broad SMARTS) is 1. The molecule has 0 radical (unpaired) electrons. The highest BCUT2D eigenvalue weighted by molar-refractivity contribution is 5.77. The molecule has 0 aromatic carbocycles. The second kappa shape index (κ2) is 39.6. The Bertz CT molecular complexity index is 633. The normalized spacial score (nSPS) is 11.3. The first kappa shape index (κ1) is 44.5. The molecule has 0 bridgehead atoms. The second-order valence-corrected chi connectivity index (χ2v) is 9.33. The van der Waals surface area contributed by atoms with Crippen LogP contribution in [0.1, 0.15) is 19.8 Å². The van der Waals surface area contributed by atoms with E-state index in [1.165, 1.54) is 0 Å². The molecule has 0 aromatic heterocycles. The van der Waals surface area contributed by atoms with Gasteiger partial charge in [-0.3, -0.25) is 4.79 Å². The predicted octanol–water partition coefficient (Wildman–Crippen LogP) is 0.187. The van der Waals surface area contributed by atoms with Gasteiger partial charge in [-0.2, -0.15) is 0 Å². The van der Waals surface area contributed by atoms with Gasteiger partial charge in [0.25, 0.3) is 0 Å². The van der Waals surface area contributed by atoms with Crippen molar-refractivity contribution in [2.24, 2.45) is 0 Å². The van der Waals surface area contributed by atoms with Crippen LogP contribution >= 0.6 is 0 Å². The molecule has 0 saturated carbocycles. The fourth-order valence-electron chi connectivity index (χ4n) is 3.09. The third-order valence-corrected chi connectivity index (χ3v) is 5.39. The van der Waals surface area contributed by atoms with E-state index in [1.54, 1.807) is 0 Å². The Labute approximate surface area is 273 Å². The van der Waals surface area contributed by atoms with Crippen LogP contribution in [0.25, 0.3) is 0 Å². The first-order valence-electron chi connectivity index (χ1n) is 16.1. The number of carboxylic acids is 1. The second-order valence-electron chi connectivity index (χ2n) is 9.33. The fraction of sp³-hybridized carbons (Fsp3) is 0.933. The van der Waals surface area contributed by atoms with Gasteiger partial charge in [-0.15, -0.1) is 0 Å². The van der Waals surface area contributed by atoms with Crippen molar-refractivity contribution >= 4 is 11.9 Å². The van der Waals surface area contributed by atoms with E-state index in [9.17, 15) is 9.59 Å². The van der Waals surface area contributed by atoms with Gasteiger partial charge in [-0.1, -0.05) is 13.3 Å². The maximum absolute atomic E-state index is 11.4. The van der Waals surface area contributed by atoms with E-state index < -0.39 is 18.5 Å². The highest BCUT2D eigenvalue weighted by Crippen LogP contribution is 1.89. The monoisotopic (exact) mass is 673 g/mol. The molecule has 16 heteroatoms. The van der Waals surface area contributed by atoms with E-state index in [0.29, 0.717) is 145 Å². The predicted molar refractivity (Wildman–Crippen MR) is 165 cm³/mol. The molecule has 0 atom stereocenters. The number of ether oxygens (including phenoxy) is 12. The summed E-state index contributed by atoms with van der Waals surface area (Å²) in [7, 11) is 0. The van der Waals surface area contributed by atoms with Crippen LogP contribution in [0.4, 0.5) is 0 Å². The van der Waals surface area contributed by atoms with Gasteiger partial charge >= 0.3 is 5.97 Å². The lowest BCUT2D eigenvalue weighted by Gasteiger charge is -2.09. The molecular weight excluding hydrogens is 614 g/mol. The van der Waals surface area contributed by atoms with Crippen LogP contribution in [0.15, 0.2) is 0 Å². The van der Waals surface area contributed by atoms with E-state index in [2.05, 4.69) is 17.0 Å². The molecule has 274 valence electrons. The number of nitrogens with one attached hydrogen (secondary N) is 1. The Kier molecular flexibility index (Phi) is 38.3. The molecule has 0 aliphatic carbocycles. The Morgan fingerprint density at radius 1 is 0.413 bits per heavy atom. The summed E-state index contributed by atoms with van der Waals surface area (Å²) in [6.45, 7) is 12.6. The smallest absolute Gasteiger partial charge is 0.329 e. The van der Waals surface area contributed by atoms with Crippen LogP contribution in [0.2, 0.25) is 0 Å². The van der Waals surface area contributed by atoms with Crippen molar-refractivity contribution in [3.63, 3.8) is 0 Å². The summed E-state index contributed by atoms with van der Waals surface area (Å²) < 4.78 is 64.4. The van der Waals surface area contributed by atoms with Gasteiger partial charge in [0.2, 0.25) is 5.91 Å². The molecular formula is C30H59NO15. The lowest BCUT2D eigenvalue weighted by Crippen LogP contribution is -2.31. The summed E-state index contributed by atoms with van der Waals surface area (Å²) in [5, 5.41) is 11.0. The molecule has 0 aliphatic heterocycles. The highest BCUT2D eigenvalue weighted by Gasteiger charge is 2.03. The number of rotatable bonds is 40. The van der Waals surface area contributed by atoms with E-state index in [1.807, 2.05) is 0 Å². The summed E-state index contributed by atoms with van der Waals surface area (Å²) >= 11 is 0. The summed E-state index contributed by atoms with van der Waals surface area (Å²) in [4.78, 5) is 21.6. The number of amides is 1. The van der Waals surface area contributed by atoms with Crippen LogP contribution in [0.5, 0.6) is 0 Å². The molecule has 0 unspecified atom stereocenters. The fourth-order valence-corrected chi connectivity index (χ4v) is 3.09. The maximum Gasteiger partial charge on any atom is 0.329 e. The number of unbranched alkanes of at least 4 members (excludes halogenated alkanes) is 1. The third-order valence-electron chi connectivity index (χ3n) is 5.39. The SMILES string of the molecule is CCCCOCCOCCOCCOCCOCCOCCOCCOCCOCCOCCOCCNC(=O)COCC(=O)O. The number of carbonyl (C=O) groups is 2. The lowest BCUT2D eigenvalue weighted by molar-refractivity contribution is -0.143. The summed E-state index contributed by atoms with van der Waals surface area (Å²) in [6, 6.07) is 0. The van der Waals surface area contributed by atoms with Crippen LogP contribution in [0, 0.1) is 0 Å². The zero-order valence-electron chi connectivity index (χ0n) is 27.8. The number of hydrogen-bond donors (Lipinski definition) is 2. The Morgan fingerprint density at radius 3 is 0.978 bits per heavy atom. The van der Waals surface area contributed by atoms with E-state index in [0.717, 1.165) is 19.4 Å². The lowest BCUT2D eigenvalue weighted by atomic mass is 10.4. The van der Waals surface area contributed by atoms with Gasteiger partial charge in [0.05, 0.1) is 139 Å². The van der Waals surface area contributed by atoms with E-state index >= 15 is 0 Å². The zero-order chi connectivity index (χ0) is 33.4. The van der Waals surface area contributed by atoms with Crippen LogP contribution in [0.3, 0.4) is 0 Å². The Hall–Kier alpha value is -1.54. The van der Waals surface area contributed by atoms with Crippen molar-refractivity contribution in [2.45, 2.75) is 19.8 Å². The molecule has 0 saturated heterocycles. The van der Waals surface area contributed by atoms with Crippen LogP contribution in [-0.4, -0.2) is 182 Å². The molecule has 0 fully saturated rings. The van der Waals surface area contributed by atoms with Gasteiger partial charge in [0.15, 0.2) is 0 Å². The number of aliphatic carboxylic acids is 1. The Morgan fingerprint density at radius 2 is 0.696 bits per heavy atom. The first-order chi connectivity index (χ1) is 22.7. The molecule has 0 rings (SSSR count). The van der Waals surface area contributed by atoms with Gasteiger partial charge in [-0.05, 0) is 6.42 Å². The molecule has 1 amide bonds. The van der Waals surface area contributed by atoms with Gasteiger partial charge in [0.1, 0.15) is 13.2 Å². The molecule has 0 spiro atoms. The number of hydrogen-bond acceptors (Lipinski definition) is 14. The topological polar surface area (TPSA) is 177 Å². The average molecular weight is 674 g/mol. The van der Waals surface area contributed by atoms with Crippen molar-refractivity contribution in [2.75, 3.05) is 165 Å². The summed E-state index contributed by atoms with van der Waals surface area (Å²) in [5.41, 5.74) is 0. The third kappa shape index (κ3) is 40.5. The largest absolute Gasteiger partial charge is 0.480 e. The molecule has 46 heavy (non-hydrogen) atoms. The Balaban J connectivity index is 3.08. The van der Waals surface area contributed by atoms with E-state index in [4.69, 9.17) is 57.2 Å². The van der Waals surface area contributed by atoms with Gasteiger partial charge in [0, 0.05) is 13.2 Å². The minimum absolute atomic E-state index is 0.300. The van der Waals surface area contributed by atoms with Crippen molar-refractivity contribution in [3.8, 4) is 0 Å². The van der Waals surface area contributed by atoms with Crippen molar-refractivity contribution in [1.29, 1.82) is 0 Å². The standard InChI is InChI=1S/C30H59NO15/c1-2-3-5-35-7-9-37-11-13-39-15-17-41-19-21-43-23-25-45-26-24-44-22-20-42-18-16-40-14-12-38-10-8-36-6-4-31-29(32)27-46-28-30(33)34/h2-28H2,1H3,(H,31,32)(H,33,34). The van der Waals surface area contributed by atoms with Crippen LogP contribution in [-0.2, 0) is 66.4 Å². The van der Waals surface area contributed by atoms with Crippen molar-refractivity contribution in [3.05, 3.63) is 0 Å². The quantitative estimate of drug-likeness (QED) is 0.0842.